The summed E-state index contributed by atoms with van der Waals surface area (Å²) in [6.07, 6.45) is 0. The van der Waals surface area contributed by atoms with Gasteiger partial charge in [0.15, 0.2) is 0 Å². The molecule has 1 nitrogen and oxygen atoms in total. The number of rotatable bonds is 3. The minimum Gasteiger partial charge on any atom is -0.379 e. The van der Waals surface area contributed by atoms with Crippen LogP contribution in [0.4, 0.5) is 14.5 Å². The van der Waals surface area contributed by atoms with Crippen molar-refractivity contribution in [3.8, 4) is 0 Å². The van der Waals surface area contributed by atoms with Gasteiger partial charge in [0, 0.05) is 17.6 Å². The van der Waals surface area contributed by atoms with Crippen LogP contribution in [0.1, 0.15) is 11.1 Å². The summed E-state index contributed by atoms with van der Waals surface area (Å²) in [7, 11) is 0. The van der Waals surface area contributed by atoms with E-state index in [9.17, 15) is 8.78 Å². The highest BCUT2D eigenvalue weighted by molar-refractivity contribution is 6.30. The van der Waals surface area contributed by atoms with Gasteiger partial charge in [-0.25, -0.2) is 8.78 Å². The van der Waals surface area contributed by atoms with E-state index in [2.05, 4.69) is 5.32 Å². The highest BCUT2D eigenvalue weighted by atomic mass is 35.5. The predicted octanol–water partition coefficient (Wildman–Crippen LogP) is 4.54. The van der Waals surface area contributed by atoms with Crippen LogP contribution in [0.5, 0.6) is 0 Å². The van der Waals surface area contributed by atoms with Gasteiger partial charge in [-0.3, -0.25) is 0 Å². The van der Waals surface area contributed by atoms with Crippen LogP contribution >= 0.6 is 11.6 Å². The Kier molecular flexibility index (Phi) is 3.82. The molecule has 0 saturated carbocycles. The van der Waals surface area contributed by atoms with E-state index in [1.807, 2.05) is 12.1 Å². The summed E-state index contributed by atoms with van der Waals surface area (Å²) < 4.78 is 26.9. The van der Waals surface area contributed by atoms with Crippen LogP contribution in [0.3, 0.4) is 0 Å². The largest absolute Gasteiger partial charge is 0.379 e. The molecule has 0 unspecified atom stereocenters. The van der Waals surface area contributed by atoms with Gasteiger partial charge in [-0.2, -0.15) is 0 Å². The monoisotopic (exact) mass is 267 g/mol. The molecule has 0 aliphatic heterocycles. The lowest BCUT2D eigenvalue weighted by molar-refractivity contribution is 0.594. The molecule has 0 aromatic heterocycles. The van der Waals surface area contributed by atoms with Crippen LogP contribution in [0.2, 0.25) is 5.02 Å². The van der Waals surface area contributed by atoms with E-state index in [1.54, 1.807) is 12.1 Å². The van der Waals surface area contributed by atoms with Crippen LogP contribution in [0, 0.1) is 18.6 Å². The average molecular weight is 268 g/mol. The fraction of sp³-hybridized carbons (Fsp3) is 0.143. The molecule has 94 valence electrons. The Labute approximate surface area is 109 Å². The number of hydrogen-bond donors (Lipinski definition) is 1. The van der Waals surface area contributed by atoms with Crippen LogP contribution in [0.15, 0.2) is 36.4 Å². The Morgan fingerprint density at radius 1 is 1.11 bits per heavy atom. The van der Waals surface area contributed by atoms with Gasteiger partial charge in [-0.15, -0.1) is 0 Å². The number of halogens is 3. The van der Waals surface area contributed by atoms with E-state index in [1.165, 1.54) is 13.0 Å². The Hall–Kier alpha value is -1.61. The first kappa shape index (κ1) is 12.8. The molecule has 4 heteroatoms. The van der Waals surface area contributed by atoms with Gasteiger partial charge in [0.1, 0.15) is 11.6 Å². The molecule has 0 heterocycles. The Morgan fingerprint density at radius 2 is 1.89 bits per heavy atom. The van der Waals surface area contributed by atoms with E-state index in [0.29, 0.717) is 17.1 Å². The van der Waals surface area contributed by atoms with Gasteiger partial charge < -0.3 is 5.32 Å². The summed E-state index contributed by atoms with van der Waals surface area (Å²) in [5, 5.41) is 3.47. The summed E-state index contributed by atoms with van der Waals surface area (Å²) in [6, 6.07) is 9.55. The summed E-state index contributed by atoms with van der Waals surface area (Å²) in [5.74, 6) is -0.888. The lowest BCUT2D eigenvalue weighted by atomic mass is 10.2. The fourth-order valence-corrected chi connectivity index (χ4v) is 1.84. The standard InChI is InChI=1S/C14H12ClF2N/c1-9-5-13(17)14(7-12(9)16)18-8-10-3-2-4-11(15)6-10/h2-7,18H,8H2,1H3. The zero-order valence-corrected chi connectivity index (χ0v) is 10.6. The van der Waals surface area contributed by atoms with Crippen molar-refractivity contribution < 1.29 is 8.78 Å². The summed E-state index contributed by atoms with van der Waals surface area (Å²) in [6.45, 7) is 1.92. The molecule has 0 atom stereocenters. The molecule has 0 amide bonds. The molecule has 1 N–H and O–H groups in total. The van der Waals surface area contributed by atoms with Gasteiger partial charge in [0.05, 0.1) is 5.69 Å². The molecular weight excluding hydrogens is 256 g/mol. The van der Waals surface area contributed by atoms with E-state index in [-0.39, 0.29) is 5.69 Å². The maximum atomic E-state index is 13.6. The highest BCUT2D eigenvalue weighted by Gasteiger charge is 2.06. The molecular formula is C14H12ClF2N. The fourth-order valence-electron chi connectivity index (χ4n) is 1.63. The third-order valence-electron chi connectivity index (χ3n) is 2.62. The predicted molar refractivity (Wildman–Crippen MR) is 69.9 cm³/mol. The van der Waals surface area contributed by atoms with Crippen LogP contribution in [-0.4, -0.2) is 0 Å². The number of nitrogens with one attached hydrogen (secondary N) is 1. The SMILES string of the molecule is Cc1cc(F)c(NCc2cccc(Cl)c2)cc1F. The second kappa shape index (κ2) is 5.36. The molecule has 2 aromatic carbocycles. The van der Waals surface area contributed by atoms with Gasteiger partial charge in [-0.05, 0) is 36.2 Å². The number of benzene rings is 2. The Morgan fingerprint density at radius 3 is 2.61 bits per heavy atom. The van der Waals surface area contributed by atoms with Crippen molar-refractivity contribution in [2.75, 3.05) is 5.32 Å². The van der Waals surface area contributed by atoms with Crippen molar-refractivity contribution in [3.05, 3.63) is 64.2 Å². The minimum absolute atomic E-state index is 0.151. The summed E-state index contributed by atoms with van der Waals surface area (Å²) >= 11 is 5.84. The van der Waals surface area contributed by atoms with Crippen molar-refractivity contribution in [3.63, 3.8) is 0 Å². The van der Waals surface area contributed by atoms with Crippen LogP contribution < -0.4 is 5.32 Å². The van der Waals surface area contributed by atoms with Crippen molar-refractivity contribution in [1.82, 2.24) is 0 Å². The number of hydrogen-bond acceptors (Lipinski definition) is 1. The second-order valence-corrected chi connectivity index (χ2v) is 4.50. The molecule has 0 spiro atoms. The Bertz CT molecular complexity index is 570. The van der Waals surface area contributed by atoms with Crippen LogP contribution in [0.25, 0.3) is 0 Å². The average Bonchev–Trinajstić information content (AvgIpc) is 2.32. The number of anilines is 1. The molecule has 2 rings (SSSR count). The minimum atomic E-state index is -0.462. The molecule has 0 saturated heterocycles. The summed E-state index contributed by atoms with van der Waals surface area (Å²) in [4.78, 5) is 0. The topological polar surface area (TPSA) is 12.0 Å². The summed E-state index contributed by atoms with van der Waals surface area (Å²) in [5.41, 5.74) is 1.35. The lowest BCUT2D eigenvalue weighted by Crippen LogP contribution is -2.02. The molecule has 0 aliphatic carbocycles. The maximum absolute atomic E-state index is 13.6. The van der Waals surface area contributed by atoms with Gasteiger partial charge >= 0.3 is 0 Å². The molecule has 0 fully saturated rings. The quantitative estimate of drug-likeness (QED) is 0.861. The maximum Gasteiger partial charge on any atom is 0.146 e. The zero-order valence-electron chi connectivity index (χ0n) is 9.81. The van der Waals surface area contributed by atoms with Crippen molar-refractivity contribution in [1.29, 1.82) is 0 Å². The lowest BCUT2D eigenvalue weighted by Gasteiger charge is -2.09. The first-order chi connectivity index (χ1) is 8.56. The first-order valence-corrected chi connectivity index (χ1v) is 5.88. The van der Waals surface area contributed by atoms with Crippen molar-refractivity contribution in [2.24, 2.45) is 0 Å². The molecule has 18 heavy (non-hydrogen) atoms. The molecule has 0 bridgehead atoms. The molecule has 0 radical (unpaired) electrons. The third-order valence-corrected chi connectivity index (χ3v) is 2.86. The van der Waals surface area contributed by atoms with Crippen LogP contribution in [-0.2, 0) is 6.54 Å². The molecule has 2 aromatic rings. The second-order valence-electron chi connectivity index (χ2n) is 4.06. The van der Waals surface area contributed by atoms with E-state index in [4.69, 9.17) is 11.6 Å². The van der Waals surface area contributed by atoms with E-state index in [0.717, 1.165) is 11.6 Å². The Balaban J connectivity index is 2.13. The zero-order chi connectivity index (χ0) is 13.1. The van der Waals surface area contributed by atoms with Gasteiger partial charge in [0.2, 0.25) is 0 Å². The third kappa shape index (κ3) is 2.99. The van der Waals surface area contributed by atoms with Crippen molar-refractivity contribution >= 4 is 17.3 Å². The van der Waals surface area contributed by atoms with Gasteiger partial charge in [-0.1, -0.05) is 23.7 Å². The van der Waals surface area contributed by atoms with Crippen molar-refractivity contribution in [2.45, 2.75) is 13.5 Å². The first-order valence-electron chi connectivity index (χ1n) is 5.50. The highest BCUT2D eigenvalue weighted by Crippen LogP contribution is 2.20. The van der Waals surface area contributed by atoms with E-state index < -0.39 is 11.6 Å². The van der Waals surface area contributed by atoms with Gasteiger partial charge in [0.25, 0.3) is 0 Å². The smallest absolute Gasteiger partial charge is 0.146 e. The number of aryl methyl sites for hydroxylation is 1. The van der Waals surface area contributed by atoms with E-state index >= 15 is 0 Å². The normalized spacial score (nSPS) is 10.4. The molecule has 0 aliphatic rings.